The van der Waals surface area contributed by atoms with Crippen molar-refractivity contribution in [2.24, 2.45) is 0 Å². The van der Waals surface area contributed by atoms with Crippen LogP contribution in [0.4, 0.5) is 0 Å². The lowest BCUT2D eigenvalue weighted by Gasteiger charge is -2.19. The quantitative estimate of drug-likeness (QED) is 0.591. The predicted molar refractivity (Wildman–Crippen MR) is 47.2 cm³/mol. The van der Waals surface area contributed by atoms with Gasteiger partial charge in [-0.05, 0) is 27.7 Å². The summed E-state index contributed by atoms with van der Waals surface area (Å²) in [6.45, 7) is 8.67. The molecule has 0 aromatic rings. The van der Waals surface area contributed by atoms with Crippen LogP contribution in [0.1, 0.15) is 27.7 Å². The van der Waals surface area contributed by atoms with Crippen molar-refractivity contribution in [1.82, 2.24) is 0 Å². The van der Waals surface area contributed by atoms with Gasteiger partial charge in [0.05, 0.1) is 18.8 Å². The number of rotatable bonds is 5. The molecule has 0 fully saturated rings. The highest BCUT2D eigenvalue weighted by Gasteiger charge is 2.08. The van der Waals surface area contributed by atoms with Crippen LogP contribution in [0, 0.1) is 0 Å². The molecule has 0 unspecified atom stereocenters. The number of Topliss-reactive ketones (excluding diaryl/α,β-unsaturated/α-hetero) is 1. The van der Waals surface area contributed by atoms with Crippen molar-refractivity contribution < 1.29 is 14.3 Å². The van der Waals surface area contributed by atoms with Crippen molar-refractivity contribution in [3.63, 3.8) is 0 Å². The van der Waals surface area contributed by atoms with E-state index in [2.05, 4.69) is 0 Å². The lowest BCUT2D eigenvalue weighted by atomic mass is 10.2. The van der Waals surface area contributed by atoms with Gasteiger partial charge in [0, 0.05) is 0 Å². The standard InChI is InChI=1S/C9H18O3/c1-8(10)7-11-5-6-12-9(2,3)4/h5-7H2,1-4H3. The highest BCUT2D eigenvalue weighted by atomic mass is 16.5. The monoisotopic (exact) mass is 174 g/mol. The number of carbonyl (C=O) groups excluding carboxylic acids is 1. The summed E-state index contributed by atoms with van der Waals surface area (Å²) in [5, 5.41) is 0. The van der Waals surface area contributed by atoms with Crippen molar-refractivity contribution in [3.05, 3.63) is 0 Å². The number of ketones is 1. The number of ether oxygens (including phenoxy) is 2. The van der Waals surface area contributed by atoms with Crippen molar-refractivity contribution in [3.8, 4) is 0 Å². The molecule has 0 saturated heterocycles. The molecule has 0 aliphatic carbocycles. The molecule has 72 valence electrons. The molecule has 0 aliphatic rings. The number of hydrogen-bond acceptors (Lipinski definition) is 3. The van der Waals surface area contributed by atoms with E-state index >= 15 is 0 Å². The van der Waals surface area contributed by atoms with Crippen molar-refractivity contribution in [2.75, 3.05) is 19.8 Å². The van der Waals surface area contributed by atoms with Gasteiger partial charge in [0.1, 0.15) is 6.61 Å². The Hall–Kier alpha value is -0.410. The molecule has 0 atom stereocenters. The van der Waals surface area contributed by atoms with Crippen LogP contribution < -0.4 is 0 Å². The summed E-state index contributed by atoms with van der Waals surface area (Å²) >= 11 is 0. The molecule has 0 aromatic carbocycles. The Morgan fingerprint density at radius 1 is 1.25 bits per heavy atom. The second-order valence-corrected chi connectivity index (χ2v) is 3.72. The summed E-state index contributed by atoms with van der Waals surface area (Å²) in [5.41, 5.74) is -0.125. The molecule has 0 N–H and O–H groups in total. The van der Waals surface area contributed by atoms with Gasteiger partial charge < -0.3 is 9.47 Å². The summed E-state index contributed by atoms with van der Waals surface area (Å²) < 4.78 is 10.4. The van der Waals surface area contributed by atoms with Crippen molar-refractivity contribution in [1.29, 1.82) is 0 Å². The highest BCUT2D eigenvalue weighted by Crippen LogP contribution is 2.05. The first-order valence-electron chi connectivity index (χ1n) is 4.13. The fourth-order valence-electron chi connectivity index (χ4n) is 0.623. The van der Waals surface area contributed by atoms with E-state index in [-0.39, 0.29) is 18.0 Å². The molecule has 0 radical (unpaired) electrons. The molecule has 0 rings (SSSR count). The maximum atomic E-state index is 10.4. The van der Waals surface area contributed by atoms with E-state index in [1.54, 1.807) is 0 Å². The van der Waals surface area contributed by atoms with E-state index in [4.69, 9.17) is 9.47 Å². The fourth-order valence-corrected chi connectivity index (χ4v) is 0.623. The van der Waals surface area contributed by atoms with E-state index < -0.39 is 0 Å². The first-order valence-corrected chi connectivity index (χ1v) is 4.13. The lowest BCUT2D eigenvalue weighted by molar-refractivity contribution is -0.122. The number of hydrogen-bond donors (Lipinski definition) is 0. The fraction of sp³-hybridized carbons (Fsp3) is 0.889. The average molecular weight is 174 g/mol. The predicted octanol–water partition coefficient (Wildman–Crippen LogP) is 1.41. The molecule has 0 spiro atoms. The van der Waals surface area contributed by atoms with E-state index in [0.29, 0.717) is 13.2 Å². The van der Waals surface area contributed by atoms with Crippen LogP contribution in [-0.4, -0.2) is 31.2 Å². The molecule has 0 saturated carbocycles. The van der Waals surface area contributed by atoms with Gasteiger partial charge in [0.2, 0.25) is 0 Å². The normalized spacial score (nSPS) is 11.7. The molecule has 3 nitrogen and oxygen atoms in total. The minimum absolute atomic E-state index is 0.0470. The first kappa shape index (κ1) is 11.6. The van der Waals surface area contributed by atoms with Gasteiger partial charge in [-0.15, -0.1) is 0 Å². The number of carbonyl (C=O) groups is 1. The van der Waals surface area contributed by atoms with Gasteiger partial charge in [0.15, 0.2) is 5.78 Å². The summed E-state index contributed by atoms with van der Waals surface area (Å²) in [7, 11) is 0. The van der Waals surface area contributed by atoms with Crippen molar-refractivity contribution >= 4 is 5.78 Å². The van der Waals surface area contributed by atoms with Crippen molar-refractivity contribution in [2.45, 2.75) is 33.3 Å². The van der Waals surface area contributed by atoms with E-state index in [1.165, 1.54) is 6.92 Å². The highest BCUT2D eigenvalue weighted by molar-refractivity contribution is 5.76. The van der Waals surface area contributed by atoms with Crippen LogP contribution in [0.15, 0.2) is 0 Å². The second-order valence-electron chi connectivity index (χ2n) is 3.72. The lowest BCUT2D eigenvalue weighted by Crippen LogP contribution is -2.22. The Balaban J connectivity index is 3.17. The molecule has 0 bridgehead atoms. The van der Waals surface area contributed by atoms with E-state index in [9.17, 15) is 4.79 Å². The van der Waals surface area contributed by atoms with Gasteiger partial charge in [-0.2, -0.15) is 0 Å². The van der Waals surface area contributed by atoms with E-state index in [1.807, 2.05) is 20.8 Å². The zero-order valence-electron chi connectivity index (χ0n) is 8.35. The first-order chi connectivity index (χ1) is 5.42. The molecule has 12 heavy (non-hydrogen) atoms. The zero-order valence-corrected chi connectivity index (χ0v) is 8.35. The van der Waals surface area contributed by atoms with E-state index in [0.717, 1.165) is 0 Å². The van der Waals surface area contributed by atoms with Crippen LogP contribution in [0.25, 0.3) is 0 Å². The maximum Gasteiger partial charge on any atom is 0.155 e. The van der Waals surface area contributed by atoms with Gasteiger partial charge in [0.25, 0.3) is 0 Å². The molecular formula is C9H18O3. The largest absolute Gasteiger partial charge is 0.373 e. The molecular weight excluding hydrogens is 156 g/mol. The van der Waals surface area contributed by atoms with Gasteiger partial charge in [-0.3, -0.25) is 4.79 Å². The third kappa shape index (κ3) is 9.59. The summed E-state index contributed by atoms with van der Waals surface area (Å²) in [4.78, 5) is 10.4. The molecule has 3 heteroatoms. The Labute approximate surface area is 74.0 Å². The van der Waals surface area contributed by atoms with Crippen LogP contribution in [0.2, 0.25) is 0 Å². The second kappa shape index (κ2) is 5.27. The topological polar surface area (TPSA) is 35.5 Å². The Morgan fingerprint density at radius 3 is 2.25 bits per heavy atom. The van der Waals surface area contributed by atoms with Crippen LogP contribution >= 0.6 is 0 Å². The Morgan fingerprint density at radius 2 is 1.83 bits per heavy atom. The van der Waals surface area contributed by atoms with Crippen LogP contribution in [0.3, 0.4) is 0 Å². The van der Waals surface area contributed by atoms with Crippen LogP contribution in [0.5, 0.6) is 0 Å². The summed E-state index contributed by atoms with van der Waals surface area (Å²) in [6.07, 6.45) is 0. The molecule has 0 aliphatic heterocycles. The Kier molecular flexibility index (Phi) is 5.09. The van der Waals surface area contributed by atoms with Gasteiger partial charge in [-0.25, -0.2) is 0 Å². The smallest absolute Gasteiger partial charge is 0.155 e. The van der Waals surface area contributed by atoms with Crippen LogP contribution in [-0.2, 0) is 14.3 Å². The SMILES string of the molecule is CC(=O)COCCOC(C)(C)C. The van der Waals surface area contributed by atoms with Gasteiger partial charge in [-0.1, -0.05) is 0 Å². The zero-order chi connectivity index (χ0) is 9.61. The maximum absolute atomic E-state index is 10.4. The minimum atomic E-state index is -0.125. The third-order valence-corrected chi connectivity index (χ3v) is 1.07. The Bertz CT molecular complexity index is 135. The third-order valence-electron chi connectivity index (χ3n) is 1.07. The molecule has 0 heterocycles. The minimum Gasteiger partial charge on any atom is -0.373 e. The molecule has 0 aromatic heterocycles. The average Bonchev–Trinajstić information content (AvgIpc) is 1.83. The summed E-state index contributed by atoms with van der Waals surface area (Å²) in [6, 6.07) is 0. The molecule has 0 amide bonds. The van der Waals surface area contributed by atoms with Gasteiger partial charge >= 0.3 is 0 Å². The summed E-state index contributed by atoms with van der Waals surface area (Å²) in [5.74, 6) is 0.0470.